The summed E-state index contributed by atoms with van der Waals surface area (Å²) in [5, 5.41) is 11.0. The van der Waals surface area contributed by atoms with Gasteiger partial charge in [-0.05, 0) is 29.8 Å². The molecule has 0 spiro atoms. The van der Waals surface area contributed by atoms with Crippen LogP contribution in [0.1, 0.15) is 5.56 Å². The maximum absolute atomic E-state index is 12.0. The fourth-order valence-electron chi connectivity index (χ4n) is 2.27. The highest BCUT2D eigenvalue weighted by Gasteiger charge is 2.14. The summed E-state index contributed by atoms with van der Waals surface area (Å²) in [6.45, 7) is 0.643. The van der Waals surface area contributed by atoms with E-state index in [-0.39, 0.29) is 18.5 Å². The number of aromatic nitrogens is 3. The summed E-state index contributed by atoms with van der Waals surface area (Å²) < 4.78 is 16.1. The third kappa shape index (κ3) is 3.61. The number of hydrogen-bond acceptors (Lipinski definition) is 7. The van der Waals surface area contributed by atoms with E-state index < -0.39 is 0 Å². The van der Waals surface area contributed by atoms with Gasteiger partial charge in [0.15, 0.2) is 11.5 Å². The number of carbonyl (C=O) groups is 1. The van der Waals surface area contributed by atoms with E-state index in [1.807, 2.05) is 30.3 Å². The van der Waals surface area contributed by atoms with Crippen LogP contribution in [0.2, 0.25) is 0 Å². The Morgan fingerprint density at radius 1 is 1.24 bits per heavy atom. The van der Waals surface area contributed by atoms with Crippen molar-refractivity contribution < 1.29 is 18.7 Å². The van der Waals surface area contributed by atoms with E-state index in [4.69, 9.17) is 13.9 Å². The Balaban J connectivity index is 1.27. The van der Waals surface area contributed by atoms with Gasteiger partial charge in [-0.25, -0.2) is 0 Å². The second-order valence-electron chi connectivity index (χ2n) is 5.21. The fourth-order valence-corrected chi connectivity index (χ4v) is 2.86. The van der Waals surface area contributed by atoms with E-state index in [1.54, 1.807) is 6.20 Å². The van der Waals surface area contributed by atoms with Crippen LogP contribution in [-0.4, -0.2) is 33.6 Å². The van der Waals surface area contributed by atoms with E-state index in [0.29, 0.717) is 23.4 Å². The molecule has 0 unspecified atom stereocenters. The van der Waals surface area contributed by atoms with Gasteiger partial charge in [-0.1, -0.05) is 17.8 Å². The number of aromatic amines is 1. The monoisotopic (exact) mass is 358 g/mol. The molecular formula is C16H14N4O4S. The summed E-state index contributed by atoms with van der Waals surface area (Å²) in [7, 11) is 0. The van der Waals surface area contributed by atoms with Gasteiger partial charge in [-0.3, -0.25) is 4.79 Å². The van der Waals surface area contributed by atoms with Crippen molar-refractivity contribution in [2.24, 2.45) is 0 Å². The molecule has 0 fully saturated rings. The van der Waals surface area contributed by atoms with Crippen molar-refractivity contribution in [3.05, 3.63) is 42.1 Å². The Bertz CT molecular complexity index is 878. The van der Waals surface area contributed by atoms with Crippen LogP contribution < -0.4 is 14.8 Å². The lowest BCUT2D eigenvalue weighted by molar-refractivity contribution is -0.118. The van der Waals surface area contributed by atoms with Crippen LogP contribution in [0.25, 0.3) is 11.6 Å². The lowest BCUT2D eigenvalue weighted by atomic mass is 10.2. The van der Waals surface area contributed by atoms with E-state index in [9.17, 15) is 4.79 Å². The summed E-state index contributed by atoms with van der Waals surface area (Å²) in [6.07, 6.45) is 1.77. The van der Waals surface area contributed by atoms with Crippen LogP contribution in [0.4, 0.5) is 0 Å². The zero-order chi connectivity index (χ0) is 17.1. The minimum atomic E-state index is -0.123. The van der Waals surface area contributed by atoms with Crippen molar-refractivity contribution in [1.82, 2.24) is 20.5 Å². The first-order valence-corrected chi connectivity index (χ1v) is 8.52. The summed E-state index contributed by atoms with van der Waals surface area (Å²) in [5.41, 5.74) is 1.68. The normalized spacial score (nSPS) is 12.3. The van der Waals surface area contributed by atoms with Crippen molar-refractivity contribution in [3.63, 3.8) is 0 Å². The fraction of sp³-hybridized carbons (Fsp3) is 0.188. The van der Waals surface area contributed by atoms with E-state index in [1.165, 1.54) is 11.8 Å². The number of thioether (sulfide) groups is 1. The molecule has 1 aromatic carbocycles. The van der Waals surface area contributed by atoms with Crippen LogP contribution >= 0.6 is 11.8 Å². The summed E-state index contributed by atoms with van der Waals surface area (Å²) in [4.78, 5) is 15.0. The first-order valence-electron chi connectivity index (χ1n) is 7.53. The highest BCUT2D eigenvalue weighted by atomic mass is 32.2. The van der Waals surface area contributed by atoms with E-state index >= 15 is 0 Å². The van der Waals surface area contributed by atoms with Crippen molar-refractivity contribution in [2.45, 2.75) is 11.8 Å². The number of rotatable bonds is 6. The van der Waals surface area contributed by atoms with Crippen LogP contribution in [0.5, 0.6) is 11.5 Å². The van der Waals surface area contributed by atoms with Crippen LogP contribution in [-0.2, 0) is 11.3 Å². The summed E-state index contributed by atoms with van der Waals surface area (Å²) in [6, 6.07) is 9.26. The Kier molecular flexibility index (Phi) is 4.30. The van der Waals surface area contributed by atoms with Gasteiger partial charge in [0.2, 0.25) is 12.7 Å². The first-order chi connectivity index (χ1) is 12.3. The van der Waals surface area contributed by atoms with Gasteiger partial charge in [-0.15, -0.1) is 10.2 Å². The van der Waals surface area contributed by atoms with Crippen molar-refractivity contribution in [3.8, 4) is 23.1 Å². The van der Waals surface area contributed by atoms with Gasteiger partial charge in [0.05, 0.1) is 5.75 Å². The zero-order valence-electron chi connectivity index (χ0n) is 13.0. The smallest absolute Gasteiger partial charge is 0.277 e. The molecule has 0 saturated carbocycles. The highest BCUT2D eigenvalue weighted by molar-refractivity contribution is 7.99. The topological polar surface area (TPSA) is 102 Å². The van der Waals surface area contributed by atoms with Crippen LogP contribution in [0.15, 0.2) is 46.2 Å². The number of carbonyl (C=O) groups excluding carboxylic acids is 1. The van der Waals surface area contributed by atoms with E-state index in [0.717, 1.165) is 17.0 Å². The summed E-state index contributed by atoms with van der Waals surface area (Å²) in [5.74, 6) is 1.89. The molecule has 1 aliphatic heterocycles. The average molecular weight is 358 g/mol. The number of amides is 1. The Labute approximate surface area is 146 Å². The van der Waals surface area contributed by atoms with Gasteiger partial charge >= 0.3 is 0 Å². The predicted octanol–water partition coefficient (Wildman–Crippen LogP) is 2.20. The molecule has 2 N–H and O–H groups in total. The third-order valence-corrected chi connectivity index (χ3v) is 4.31. The number of hydrogen-bond donors (Lipinski definition) is 2. The molecule has 0 saturated heterocycles. The molecule has 2 aromatic heterocycles. The minimum Gasteiger partial charge on any atom is -0.454 e. The number of nitrogens with one attached hydrogen (secondary N) is 2. The lowest BCUT2D eigenvalue weighted by Crippen LogP contribution is -2.24. The molecule has 128 valence electrons. The number of H-pyrrole nitrogens is 1. The van der Waals surface area contributed by atoms with Crippen molar-refractivity contribution in [2.75, 3.05) is 12.5 Å². The molecule has 0 aliphatic carbocycles. The maximum Gasteiger partial charge on any atom is 0.277 e. The average Bonchev–Trinajstić information content (AvgIpc) is 3.38. The Morgan fingerprint density at radius 3 is 3.04 bits per heavy atom. The Morgan fingerprint density at radius 2 is 2.16 bits per heavy atom. The maximum atomic E-state index is 12.0. The second-order valence-corrected chi connectivity index (χ2v) is 6.14. The van der Waals surface area contributed by atoms with Crippen LogP contribution in [0, 0.1) is 0 Å². The van der Waals surface area contributed by atoms with Gasteiger partial charge in [0.25, 0.3) is 11.1 Å². The number of nitrogens with zero attached hydrogens (tertiary/aromatic N) is 2. The molecule has 25 heavy (non-hydrogen) atoms. The van der Waals surface area contributed by atoms with Gasteiger partial charge in [0.1, 0.15) is 5.69 Å². The number of benzene rings is 1. The quantitative estimate of drug-likeness (QED) is 0.651. The Hall–Kier alpha value is -2.94. The van der Waals surface area contributed by atoms with Gasteiger partial charge in [-0.2, -0.15) is 0 Å². The number of fused-ring (bicyclic) bond motifs is 1. The molecule has 4 rings (SSSR count). The molecule has 0 radical (unpaired) electrons. The standard InChI is InChI=1S/C16H14N4O4S/c21-14(18-7-10-3-4-12-13(6-10)23-9-22-12)8-25-16-20-19-15(24-16)11-2-1-5-17-11/h1-6,17H,7-9H2,(H,18,21). The molecule has 8 nitrogen and oxygen atoms in total. The van der Waals surface area contributed by atoms with Crippen molar-refractivity contribution in [1.29, 1.82) is 0 Å². The van der Waals surface area contributed by atoms with Gasteiger partial charge in [0, 0.05) is 12.7 Å². The molecule has 1 amide bonds. The molecule has 0 bridgehead atoms. The van der Waals surface area contributed by atoms with E-state index in [2.05, 4.69) is 20.5 Å². The molecule has 0 atom stereocenters. The zero-order valence-corrected chi connectivity index (χ0v) is 13.8. The second kappa shape index (κ2) is 6.89. The third-order valence-electron chi connectivity index (χ3n) is 3.49. The SMILES string of the molecule is O=C(CSc1nnc(-c2ccc[nH]2)o1)NCc1ccc2c(c1)OCO2. The molecular weight excluding hydrogens is 344 g/mol. The summed E-state index contributed by atoms with van der Waals surface area (Å²) >= 11 is 1.19. The molecule has 3 aromatic rings. The van der Waals surface area contributed by atoms with Gasteiger partial charge < -0.3 is 24.2 Å². The molecule has 9 heteroatoms. The largest absolute Gasteiger partial charge is 0.454 e. The number of ether oxygens (including phenoxy) is 2. The van der Waals surface area contributed by atoms with Crippen LogP contribution in [0.3, 0.4) is 0 Å². The first kappa shape index (κ1) is 15.6. The molecule has 3 heterocycles. The van der Waals surface area contributed by atoms with Crippen molar-refractivity contribution >= 4 is 17.7 Å². The molecule has 1 aliphatic rings. The minimum absolute atomic E-state index is 0.123. The highest BCUT2D eigenvalue weighted by Crippen LogP contribution is 2.32. The lowest BCUT2D eigenvalue weighted by Gasteiger charge is -2.05. The predicted molar refractivity (Wildman–Crippen MR) is 89.2 cm³/mol.